The summed E-state index contributed by atoms with van der Waals surface area (Å²) in [5.41, 5.74) is -0.654. The van der Waals surface area contributed by atoms with Crippen LogP contribution in [0.2, 0.25) is 0 Å². The molecule has 0 saturated heterocycles. The van der Waals surface area contributed by atoms with Crippen molar-refractivity contribution in [1.82, 2.24) is 5.32 Å². The van der Waals surface area contributed by atoms with Gasteiger partial charge in [0.05, 0.1) is 5.56 Å². The van der Waals surface area contributed by atoms with Crippen LogP contribution in [0.4, 0.5) is 17.6 Å². The van der Waals surface area contributed by atoms with E-state index in [9.17, 15) is 22.7 Å². The first-order valence-corrected chi connectivity index (χ1v) is 8.70. The van der Waals surface area contributed by atoms with Crippen LogP contribution in [-0.2, 0) is 18.3 Å². The van der Waals surface area contributed by atoms with E-state index in [0.717, 1.165) is 12.1 Å². The molecule has 0 spiro atoms. The SMILES string of the molecule is O[C@@](CNCc1cccc(C(F)(F)F)c1)(c1ccccc1)c1ccc(F)cc1. The number of aliphatic hydroxyl groups is 1. The highest BCUT2D eigenvalue weighted by atomic mass is 19.4. The monoisotopic (exact) mass is 389 g/mol. The summed E-state index contributed by atoms with van der Waals surface area (Å²) in [5.74, 6) is -0.420. The quantitative estimate of drug-likeness (QED) is 0.590. The molecule has 3 aromatic rings. The lowest BCUT2D eigenvalue weighted by molar-refractivity contribution is -0.137. The minimum absolute atomic E-state index is 0.0406. The maximum atomic E-state index is 13.3. The van der Waals surface area contributed by atoms with E-state index < -0.39 is 23.2 Å². The third kappa shape index (κ3) is 4.58. The Hall–Kier alpha value is -2.70. The Morgan fingerprint density at radius 2 is 1.36 bits per heavy atom. The summed E-state index contributed by atoms with van der Waals surface area (Å²) in [6.07, 6.45) is -4.41. The molecule has 0 heterocycles. The van der Waals surface area contributed by atoms with E-state index in [1.165, 1.54) is 30.3 Å². The molecule has 0 saturated carbocycles. The van der Waals surface area contributed by atoms with E-state index >= 15 is 0 Å². The predicted molar refractivity (Wildman–Crippen MR) is 99.0 cm³/mol. The molecule has 0 aliphatic rings. The summed E-state index contributed by atoms with van der Waals surface area (Å²) < 4.78 is 51.9. The first-order valence-electron chi connectivity index (χ1n) is 8.70. The van der Waals surface area contributed by atoms with Crippen molar-refractivity contribution in [2.45, 2.75) is 18.3 Å². The van der Waals surface area contributed by atoms with E-state index in [-0.39, 0.29) is 13.1 Å². The minimum Gasteiger partial charge on any atom is -0.379 e. The second-order valence-corrected chi connectivity index (χ2v) is 6.53. The van der Waals surface area contributed by atoms with Crippen LogP contribution in [0.3, 0.4) is 0 Å². The van der Waals surface area contributed by atoms with Crippen molar-refractivity contribution in [3.05, 3.63) is 107 Å². The fourth-order valence-corrected chi connectivity index (χ4v) is 3.06. The van der Waals surface area contributed by atoms with Crippen LogP contribution < -0.4 is 5.32 Å². The zero-order valence-electron chi connectivity index (χ0n) is 14.9. The van der Waals surface area contributed by atoms with Gasteiger partial charge in [0.25, 0.3) is 0 Å². The Morgan fingerprint density at radius 3 is 2.00 bits per heavy atom. The second kappa shape index (κ2) is 8.12. The summed E-state index contributed by atoms with van der Waals surface area (Å²) in [5, 5.41) is 14.4. The van der Waals surface area contributed by atoms with Gasteiger partial charge in [0.2, 0.25) is 0 Å². The molecule has 2 nitrogen and oxygen atoms in total. The number of rotatable bonds is 6. The average Bonchev–Trinajstić information content (AvgIpc) is 2.68. The topological polar surface area (TPSA) is 32.3 Å². The van der Waals surface area contributed by atoms with Crippen molar-refractivity contribution in [3.63, 3.8) is 0 Å². The molecule has 6 heteroatoms. The maximum Gasteiger partial charge on any atom is 0.416 e. The van der Waals surface area contributed by atoms with Crippen LogP contribution in [-0.4, -0.2) is 11.7 Å². The Bertz CT molecular complexity index is 910. The molecule has 0 radical (unpaired) electrons. The van der Waals surface area contributed by atoms with Crippen molar-refractivity contribution in [2.75, 3.05) is 6.54 Å². The highest BCUT2D eigenvalue weighted by Gasteiger charge is 2.32. The van der Waals surface area contributed by atoms with Gasteiger partial charge in [0.15, 0.2) is 0 Å². The average molecular weight is 389 g/mol. The van der Waals surface area contributed by atoms with Crippen LogP contribution in [0.15, 0.2) is 78.9 Å². The molecule has 28 heavy (non-hydrogen) atoms. The van der Waals surface area contributed by atoms with Gasteiger partial charge in [-0.2, -0.15) is 13.2 Å². The summed E-state index contributed by atoms with van der Waals surface area (Å²) in [4.78, 5) is 0. The lowest BCUT2D eigenvalue weighted by Gasteiger charge is -2.30. The van der Waals surface area contributed by atoms with E-state index in [0.29, 0.717) is 16.7 Å². The normalized spacial score (nSPS) is 13.9. The maximum absolute atomic E-state index is 13.3. The molecule has 1 atom stereocenters. The Labute approximate surface area is 160 Å². The summed E-state index contributed by atoms with van der Waals surface area (Å²) in [6, 6.07) is 19.4. The fourth-order valence-electron chi connectivity index (χ4n) is 3.06. The number of benzene rings is 3. The van der Waals surface area contributed by atoms with Crippen molar-refractivity contribution >= 4 is 0 Å². The van der Waals surface area contributed by atoms with Crippen molar-refractivity contribution in [1.29, 1.82) is 0 Å². The van der Waals surface area contributed by atoms with E-state index in [4.69, 9.17) is 0 Å². The third-order valence-corrected chi connectivity index (χ3v) is 4.54. The summed E-state index contributed by atoms with van der Waals surface area (Å²) in [6.45, 7) is 0.180. The zero-order chi connectivity index (χ0) is 20.2. The molecule has 0 amide bonds. The van der Waals surface area contributed by atoms with Crippen LogP contribution in [0, 0.1) is 5.82 Å². The van der Waals surface area contributed by atoms with Gasteiger partial charge >= 0.3 is 6.18 Å². The molecule has 3 rings (SSSR count). The molecule has 146 valence electrons. The molecule has 0 bridgehead atoms. The number of alkyl halides is 3. The largest absolute Gasteiger partial charge is 0.416 e. The van der Waals surface area contributed by atoms with Crippen molar-refractivity contribution < 1.29 is 22.7 Å². The smallest absolute Gasteiger partial charge is 0.379 e. The Kier molecular flexibility index (Phi) is 5.82. The summed E-state index contributed by atoms with van der Waals surface area (Å²) >= 11 is 0. The first kappa shape index (κ1) is 20.0. The van der Waals surface area contributed by atoms with Gasteiger partial charge in [-0.25, -0.2) is 4.39 Å². The summed E-state index contributed by atoms with van der Waals surface area (Å²) in [7, 11) is 0. The number of nitrogens with one attached hydrogen (secondary N) is 1. The molecular weight excluding hydrogens is 370 g/mol. The van der Waals surface area contributed by atoms with E-state index in [1.54, 1.807) is 30.3 Å². The molecule has 2 N–H and O–H groups in total. The predicted octanol–water partition coefficient (Wildman–Crippen LogP) is 4.87. The van der Waals surface area contributed by atoms with Gasteiger partial charge < -0.3 is 10.4 Å². The van der Waals surface area contributed by atoms with E-state index in [1.807, 2.05) is 6.07 Å². The lowest BCUT2D eigenvalue weighted by atomic mass is 9.86. The van der Waals surface area contributed by atoms with Gasteiger partial charge in [-0.3, -0.25) is 0 Å². The van der Waals surface area contributed by atoms with Gasteiger partial charge in [-0.1, -0.05) is 60.7 Å². The first-order chi connectivity index (χ1) is 13.3. The van der Waals surface area contributed by atoms with Crippen LogP contribution in [0.5, 0.6) is 0 Å². The molecule has 0 fully saturated rings. The molecule has 0 unspecified atom stereocenters. The van der Waals surface area contributed by atoms with Crippen molar-refractivity contribution in [2.24, 2.45) is 0 Å². The minimum atomic E-state index is -4.41. The molecule has 0 aromatic heterocycles. The van der Waals surface area contributed by atoms with Crippen LogP contribution in [0.1, 0.15) is 22.3 Å². The Balaban J connectivity index is 1.81. The molecular formula is C22H19F4NO. The number of halogens is 4. The molecule has 0 aliphatic carbocycles. The van der Waals surface area contributed by atoms with Gasteiger partial charge in [-0.15, -0.1) is 0 Å². The number of hydrogen-bond acceptors (Lipinski definition) is 2. The third-order valence-electron chi connectivity index (χ3n) is 4.54. The lowest BCUT2D eigenvalue weighted by Crippen LogP contribution is -2.39. The number of hydrogen-bond donors (Lipinski definition) is 2. The van der Waals surface area contributed by atoms with Crippen molar-refractivity contribution in [3.8, 4) is 0 Å². The van der Waals surface area contributed by atoms with Gasteiger partial charge in [0, 0.05) is 13.1 Å². The molecule has 3 aromatic carbocycles. The zero-order valence-corrected chi connectivity index (χ0v) is 14.9. The highest BCUT2D eigenvalue weighted by molar-refractivity contribution is 5.36. The van der Waals surface area contributed by atoms with Gasteiger partial charge in [0.1, 0.15) is 11.4 Å². The molecule has 0 aliphatic heterocycles. The highest BCUT2D eigenvalue weighted by Crippen LogP contribution is 2.31. The standard InChI is InChI=1S/C22H19F4NO/c23-20-11-9-18(10-12-20)21(28,17-6-2-1-3-7-17)15-27-14-16-5-4-8-19(13-16)22(24,25)26/h1-13,27-28H,14-15H2/t21-/m0/s1. The fraction of sp³-hybridized carbons (Fsp3) is 0.182. The Morgan fingerprint density at radius 1 is 0.750 bits per heavy atom. The van der Waals surface area contributed by atoms with Gasteiger partial charge in [-0.05, 0) is 34.9 Å². The van der Waals surface area contributed by atoms with Crippen LogP contribution in [0.25, 0.3) is 0 Å². The second-order valence-electron chi connectivity index (χ2n) is 6.53. The van der Waals surface area contributed by atoms with E-state index in [2.05, 4.69) is 5.32 Å². The van der Waals surface area contributed by atoms with Crippen LogP contribution >= 0.6 is 0 Å².